The monoisotopic (exact) mass is 320 g/mol. The van der Waals surface area contributed by atoms with Gasteiger partial charge in [-0.15, -0.1) is 11.3 Å². The number of ether oxygens (including phenoxy) is 1. The Balaban J connectivity index is 1.66. The van der Waals surface area contributed by atoms with Crippen molar-refractivity contribution in [3.63, 3.8) is 0 Å². The molecule has 1 aromatic heterocycles. The number of amides is 2. The predicted octanol–water partition coefficient (Wildman–Crippen LogP) is 2.41. The molecule has 1 N–H and O–H groups in total. The third-order valence-electron chi connectivity index (χ3n) is 4.20. The van der Waals surface area contributed by atoms with Gasteiger partial charge in [-0.25, -0.2) is 9.78 Å². The molecule has 2 atom stereocenters. The quantitative estimate of drug-likeness (QED) is 0.862. The van der Waals surface area contributed by atoms with E-state index in [1.165, 1.54) is 4.88 Å². The van der Waals surface area contributed by atoms with Crippen molar-refractivity contribution >= 4 is 22.5 Å². The first-order chi connectivity index (χ1) is 10.5. The Morgan fingerprint density at radius 1 is 1.64 bits per heavy atom. The molecule has 2 heterocycles. The summed E-state index contributed by atoms with van der Waals surface area (Å²) in [6.45, 7) is 5.10. The molecule has 2 unspecified atom stereocenters. The highest BCUT2D eigenvalue weighted by atomic mass is 32.1. The van der Waals surface area contributed by atoms with Crippen LogP contribution in [-0.2, 0) is 17.6 Å². The van der Waals surface area contributed by atoms with Crippen LogP contribution in [0.4, 0.5) is 9.93 Å². The Labute approximate surface area is 134 Å². The number of nitrogens with zero attached hydrogens (tertiary/aromatic N) is 3. The van der Waals surface area contributed by atoms with Gasteiger partial charge in [0.1, 0.15) is 0 Å². The van der Waals surface area contributed by atoms with Crippen molar-refractivity contribution in [2.75, 3.05) is 25.0 Å². The number of carbonyl (C=O) groups is 1. The number of rotatable bonds is 1. The third kappa shape index (κ3) is 3.08. The SMILES string of the molecule is CC1CCc2nc(NC(=O)N3CCOC(C)(C#N)C3)sc2C1. The molecule has 22 heavy (non-hydrogen) atoms. The highest BCUT2D eigenvalue weighted by molar-refractivity contribution is 7.15. The van der Waals surface area contributed by atoms with Crippen molar-refractivity contribution in [1.29, 1.82) is 5.26 Å². The summed E-state index contributed by atoms with van der Waals surface area (Å²) >= 11 is 1.57. The van der Waals surface area contributed by atoms with E-state index in [2.05, 4.69) is 23.3 Å². The molecule has 1 saturated heterocycles. The van der Waals surface area contributed by atoms with Crippen LogP contribution in [0.2, 0.25) is 0 Å². The molecule has 1 aromatic rings. The van der Waals surface area contributed by atoms with Crippen LogP contribution < -0.4 is 5.32 Å². The number of carbonyl (C=O) groups excluding carboxylic acids is 1. The van der Waals surface area contributed by atoms with Crippen molar-refractivity contribution < 1.29 is 9.53 Å². The highest BCUT2D eigenvalue weighted by Crippen LogP contribution is 2.32. The summed E-state index contributed by atoms with van der Waals surface area (Å²) in [4.78, 5) is 19.8. The van der Waals surface area contributed by atoms with Gasteiger partial charge in [0.2, 0.25) is 0 Å². The van der Waals surface area contributed by atoms with Gasteiger partial charge in [0.05, 0.1) is 24.9 Å². The minimum absolute atomic E-state index is 0.205. The third-order valence-corrected chi connectivity index (χ3v) is 5.23. The van der Waals surface area contributed by atoms with Crippen LogP contribution in [0, 0.1) is 17.2 Å². The molecule has 7 heteroatoms. The summed E-state index contributed by atoms with van der Waals surface area (Å²) in [6, 6.07) is 1.91. The van der Waals surface area contributed by atoms with Crippen molar-refractivity contribution in [3.05, 3.63) is 10.6 Å². The normalized spacial score (nSPS) is 27.9. The molecule has 0 radical (unpaired) electrons. The Hall–Kier alpha value is -1.65. The number of nitrogens with one attached hydrogen (secondary N) is 1. The highest BCUT2D eigenvalue weighted by Gasteiger charge is 2.34. The molecule has 0 saturated carbocycles. The molecular weight excluding hydrogens is 300 g/mol. The lowest BCUT2D eigenvalue weighted by molar-refractivity contribution is -0.0477. The van der Waals surface area contributed by atoms with Crippen LogP contribution in [-0.4, -0.2) is 41.2 Å². The fraction of sp³-hybridized carbons (Fsp3) is 0.667. The van der Waals surface area contributed by atoms with Gasteiger partial charge in [-0.05, 0) is 32.1 Å². The molecule has 1 aliphatic carbocycles. The zero-order valence-corrected chi connectivity index (χ0v) is 13.7. The lowest BCUT2D eigenvalue weighted by atomic mass is 9.93. The number of hydrogen-bond donors (Lipinski definition) is 1. The number of anilines is 1. The second-order valence-electron chi connectivity index (χ2n) is 6.28. The molecule has 6 nitrogen and oxygen atoms in total. The molecule has 3 rings (SSSR count). The second kappa shape index (κ2) is 5.86. The summed E-state index contributed by atoms with van der Waals surface area (Å²) < 4.78 is 5.43. The van der Waals surface area contributed by atoms with Crippen LogP contribution >= 0.6 is 11.3 Å². The Bertz CT molecular complexity index is 624. The first-order valence-corrected chi connectivity index (χ1v) is 8.40. The second-order valence-corrected chi connectivity index (χ2v) is 7.36. The summed E-state index contributed by atoms with van der Waals surface area (Å²) in [6.07, 6.45) is 3.20. The van der Waals surface area contributed by atoms with E-state index in [0.717, 1.165) is 25.0 Å². The van der Waals surface area contributed by atoms with Crippen molar-refractivity contribution in [2.24, 2.45) is 5.92 Å². The summed E-state index contributed by atoms with van der Waals surface area (Å²) in [7, 11) is 0. The summed E-state index contributed by atoms with van der Waals surface area (Å²) in [5, 5.41) is 12.7. The lowest BCUT2D eigenvalue weighted by Gasteiger charge is -2.35. The summed E-state index contributed by atoms with van der Waals surface area (Å²) in [5.74, 6) is 0.687. The maximum atomic E-state index is 12.4. The Morgan fingerprint density at radius 3 is 3.23 bits per heavy atom. The number of morpholine rings is 1. The van der Waals surface area contributed by atoms with Gasteiger partial charge >= 0.3 is 6.03 Å². The minimum atomic E-state index is -0.923. The van der Waals surface area contributed by atoms with Gasteiger partial charge in [-0.2, -0.15) is 5.26 Å². The number of thiazole rings is 1. The number of urea groups is 1. The van der Waals surface area contributed by atoms with Crippen LogP contribution in [0.1, 0.15) is 30.8 Å². The molecule has 0 spiro atoms. The van der Waals surface area contributed by atoms with E-state index >= 15 is 0 Å². The van der Waals surface area contributed by atoms with E-state index < -0.39 is 5.60 Å². The van der Waals surface area contributed by atoms with E-state index in [4.69, 9.17) is 10.00 Å². The fourth-order valence-corrected chi connectivity index (χ4v) is 4.04. The lowest BCUT2D eigenvalue weighted by Crippen LogP contribution is -2.52. The van der Waals surface area contributed by atoms with Crippen molar-refractivity contribution in [3.8, 4) is 6.07 Å². The predicted molar refractivity (Wildman–Crippen MR) is 83.9 cm³/mol. The molecule has 0 bridgehead atoms. The van der Waals surface area contributed by atoms with Gasteiger partial charge in [0.15, 0.2) is 10.7 Å². The average Bonchev–Trinajstić information content (AvgIpc) is 2.88. The number of aromatic nitrogens is 1. The first kappa shape index (κ1) is 15.3. The largest absolute Gasteiger partial charge is 0.357 e. The van der Waals surface area contributed by atoms with Gasteiger partial charge in [0, 0.05) is 11.4 Å². The van der Waals surface area contributed by atoms with E-state index in [-0.39, 0.29) is 12.6 Å². The van der Waals surface area contributed by atoms with E-state index in [0.29, 0.717) is 24.2 Å². The molecule has 1 aliphatic heterocycles. The van der Waals surface area contributed by atoms with E-state index in [1.807, 2.05) is 0 Å². The number of aryl methyl sites for hydroxylation is 1. The minimum Gasteiger partial charge on any atom is -0.357 e. The molecule has 2 aliphatic rings. The maximum Gasteiger partial charge on any atom is 0.323 e. The zero-order valence-electron chi connectivity index (χ0n) is 12.9. The Morgan fingerprint density at radius 2 is 2.45 bits per heavy atom. The van der Waals surface area contributed by atoms with Crippen molar-refractivity contribution in [1.82, 2.24) is 9.88 Å². The number of hydrogen-bond acceptors (Lipinski definition) is 5. The maximum absolute atomic E-state index is 12.4. The van der Waals surface area contributed by atoms with Crippen LogP contribution in [0.3, 0.4) is 0 Å². The topological polar surface area (TPSA) is 78.2 Å². The smallest absolute Gasteiger partial charge is 0.323 e. The standard InChI is InChI=1S/C15H20N4O2S/c1-10-3-4-11-12(7-10)22-13(17-11)18-14(20)19-5-6-21-15(2,8-16)9-19/h10H,3-7,9H2,1-2H3,(H,17,18,20). The van der Waals surface area contributed by atoms with Crippen LogP contribution in [0.5, 0.6) is 0 Å². The Kier molecular flexibility index (Phi) is 4.06. The molecule has 0 aromatic carbocycles. The van der Waals surface area contributed by atoms with Crippen LogP contribution in [0.15, 0.2) is 0 Å². The van der Waals surface area contributed by atoms with Crippen molar-refractivity contribution in [2.45, 2.75) is 38.7 Å². The van der Waals surface area contributed by atoms with Gasteiger partial charge in [0.25, 0.3) is 0 Å². The summed E-state index contributed by atoms with van der Waals surface area (Å²) in [5.41, 5.74) is 0.204. The first-order valence-electron chi connectivity index (χ1n) is 7.59. The zero-order chi connectivity index (χ0) is 15.7. The molecule has 1 fully saturated rings. The van der Waals surface area contributed by atoms with E-state index in [1.54, 1.807) is 23.2 Å². The molecule has 2 amide bonds. The number of fused-ring (bicyclic) bond motifs is 1. The molecular formula is C15H20N4O2S. The fourth-order valence-electron chi connectivity index (χ4n) is 2.87. The van der Waals surface area contributed by atoms with Crippen LogP contribution in [0.25, 0.3) is 0 Å². The van der Waals surface area contributed by atoms with Gasteiger partial charge < -0.3 is 9.64 Å². The number of nitriles is 1. The van der Waals surface area contributed by atoms with Gasteiger partial charge in [-0.3, -0.25) is 5.32 Å². The van der Waals surface area contributed by atoms with Gasteiger partial charge in [-0.1, -0.05) is 6.92 Å². The molecule has 118 valence electrons. The van der Waals surface area contributed by atoms with E-state index in [9.17, 15) is 4.79 Å². The average molecular weight is 320 g/mol.